The molecule has 1 aromatic carbocycles. The molecular weight excluding hydrogens is 399 g/mol. The van der Waals surface area contributed by atoms with Crippen LogP contribution in [0.1, 0.15) is 24.7 Å². The Morgan fingerprint density at radius 2 is 2.10 bits per heavy atom. The summed E-state index contributed by atoms with van der Waals surface area (Å²) in [7, 11) is 0. The van der Waals surface area contributed by atoms with E-state index in [-0.39, 0.29) is 29.4 Å². The second-order valence-corrected chi connectivity index (χ2v) is 7.90. The molecule has 3 N–H and O–H groups in total. The van der Waals surface area contributed by atoms with E-state index in [0.29, 0.717) is 23.4 Å². The molecule has 1 aromatic heterocycles. The van der Waals surface area contributed by atoms with Crippen molar-refractivity contribution in [2.24, 2.45) is 5.92 Å². The third kappa shape index (κ3) is 3.39. The Kier molecular flexibility index (Phi) is 4.73. The highest BCUT2D eigenvalue weighted by molar-refractivity contribution is 6.30. The van der Waals surface area contributed by atoms with Gasteiger partial charge in [0.05, 0.1) is 11.5 Å². The predicted octanol–water partition coefficient (Wildman–Crippen LogP) is 1.77. The average Bonchev–Trinajstić information content (AvgIpc) is 3.37. The van der Waals surface area contributed by atoms with Gasteiger partial charge >= 0.3 is 0 Å². The van der Waals surface area contributed by atoms with Gasteiger partial charge in [0.25, 0.3) is 0 Å². The Labute approximate surface area is 171 Å². The van der Waals surface area contributed by atoms with Crippen molar-refractivity contribution in [2.45, 2.75) is 24.9 Å². The Balaban J connectivity index is 1.41. The van der Waals surface area contributed by atoms with Crippen molar-refractivity contribution in [3.63, 3.8) is 0 Å². The number of allylic oxidation sites excluding steroid dienone is 1. The van der Waals surface area contributed by atoms with Crippen LogP contribution in [0, 0.1) is 11.7 Å². The van der Waals surface area contributed by atoms with Crippen molar-refractivity contribution in [1.29, 1.82) is 0 Å². The first-order valence-corrected chi connectivity index (χ1v) is 10.0. The number of amides is 1. The van der Waals surface area contributed by atoms with E-state index >= 15 is 0 Å². The number of fused-ring (bicyclic) bond motifs is 1. The molecule has 2 fully saturated rings. The Morgan fingerprint density at radius 3 is 2.93 bits per heavy atom. The van der Waals surface area contributed by atoms with Gasteiger partial charge in [0, 0.05) is 29.3 Å². The molecule has 29 heavy (non-hydrogen) atoms. The maximum absolute atomic E-state index is 14.1. The summed E-state index contributed by atoms with van der Waals surface area (Å²) >= 11 is 5.97. The first-order chi connectivity index (χ1) is 14.1. The van der Waals surface area contributed by atoms with E-state index in [1.807, 2.05) is 5.01 Å². The molecule has 4 heterocycles. The molecule has 2 unspecified atom stereocenters. The number of halogens is 2. The van der Waals surface area contributed by atoms with Gasteiger partial charge < -0.3 is 15.2 Å². The lowest BCUT2D eigenvalue weighted by atomic mass is 9.92. The molecule has 3 aliphatic rings. The van der Waals surface area contributed by atoms with Gasteiger partial charge in [-0.3, -0.25) is 9.80 Å². The molecule has 0 aliphatic carbocycles. The smallest absolute Gasteiger partial charge is 0.247 e. The largest absolute Gasteiger partial charge is 0.338 e. The number of nitrogens with zero attached hydrogens (tertiary/aromatic N) is 3. The highest BCUT2D eigenvalue weighted by atomic mass is 35.5. The molecule has 0 spiro atoms. The molecule has 1 amide bonds. The third-order valence-corrected chi connectivity index (χ3v) is 5.91. The Morgan fingerprint density at radius 1 is 1.28 bits per heavy atom. The number of carbonyl (C=O) groups excluding carboxylic acids is 1. The molecule has 5 rings (SSSR count). The maximum Gasteiger partial charge on any atom is 0.247 e. The van der Waals surface area contributed by atoms with Crippen LogP contribution in [0.5, 0.6) is 0 Å². The summed E-state index contributed by atoms with van der Waals surface area (Å²) in [6, 6.07) is 4.20. The number of hydrogen-bond donors (Lipinski definition) is 3. The van der Waals surface area contributed by atoms with Gasteiger partial charge in [-0.15, -0.1) is 0 Å². The summed E-state index contributed by atoms with van der Waals surface area (Å²) in [4.78, 5) is 16.8. The maximum atomic E-state index is 14.1. The first kappa shape index (κ1) is 18.5. The zero-order valence-corrected chi connectivity index (χ0v) is 16.2. The van der Waals surface area contributed by atoms with Gasteiger partial charge in [-0.1, -0.05) is 16.8 Å². The summed E-state index contributed by atoms with van der Waals surface area (Å²) in [6.45, 7) is 2.39. The van der Waals surface area contributed by atoms with E-state index in [4.69, 9.17) is 16.1 Å². The SMILES string of the molecule is O=C1C=C(C2CCNCC2)N2NCC(c3nc(-c4cc(Cl)ccc4F)no3)C2N1. The Bertz CT molecular complexity index is 973. The molecule has 2 saturated heterocycles. The van der Waals surface area contributed by atoms with Crippen LogP contribution in [0.15, 0.2) is 34.5 Å². The first-order valence-electron chi connectivity index (χ1n) is 9.65. The Hall–Kier alpha value is -2.49. The lowest BCUT2D eigenvalue weighted by Gasteiger charge is -2.38. The lowest BCUT2D eigenvalue weighted by molar-refractivity contribution is -0.119. The van der Waals surface area contributed by atoms with Crippen molar-refractivity contribution < 1.29 is 13.7 Å². The zero-order chi connectivity index (χ0) is 20.0. The molecule has 3 aliphatic heterocycles. The van der Waals surface area contributed by atoms with Gasteiger partial charge in [0.15, 0.2) is 0 Å². The fourth-order valence-corrected chi connectivity index (χ4v) is 4.39. The normalized spacial score (nSPS) is 25.0. The number of piperidine rings is 1. The van der Waals surface area contributed by atoms with Crippen molar-refractivity contribution in [1.82, 2.24) is 31.2 Å². The number of hydrazine groups is 1. The van der Waals surface area contributed by atoms with Crippen LogP contribution in [0.4, 0.5) is 4.39 Å². The second kappa shape index (κ2) is 7.40. The molecular formula is C19H20ClFN6O2. The monoisotopic (exact) mass is 418 g/mol. The predicted molar refractivity (Wildman–Crippen MR) is 103 cm³/mol. The minimum Gasteiger partial charge on any atom is -0.338 e. The molecule has 0 radical (unpaired) electrons. The molecule has 10 heteroatoms. The highest BCUT2D eigenvalue weighted by Crippen LogP contribution is 2.35. The molecule has 2 atom stereocenters. The fraction of sp³-hybridized carbons (Fsp3) is 0.421. The van der Waals surface area contributed by atoms with Gasteiger partial charge in [0.2, 0.25) is 17.6 Å². The van der Waals surface area contributed by atoms with Gasteiger partial charge in [-0.05, 0) is 44.1 Å². The fourth-order valence-electron chi connectivity index (χ4n) is 4.21. The summed E-state index contributed by atoms with van der Waals surface area (Å²) in [5.74, 6) is -0.0761. The van der Waals surface area contributed by atoms with Crippen LogP contribution >= 0.6 is 11.6 Å². The summed E-state index contributed by atoms with van der Waals surface area (Å²) in [6.07, 6.45) is 3.29. The molecule has 8 nitrogen and oxygen atoms in total. The number of benzene rings is 1. The van der Waals surface area contributed by atoms with E-state index in [1.165, 1.54) is 18.2 Å². The van der Waals surface area contributed by atoms with Crippen molar-refractivity contribution in [3.05, 3.63) is 46.7 Å². The second-order valence-electron chi connectivity index (χ2n) is 7.47. The van der Waals surface area contributed by atoms with E-state index in [0.717, 1.165) is 31.6 Å². The minimum atomic E-state index is -0.477. The number of aromatic nitrogens is 2. The number of carbonyl (C=O) groups is 1. The van der Waals surface area contributed by atoms with Crippen molar-refractivity contribution in [3.8, 4) is 11.4 Å². The average molecular weight is 419 g/mol. The standard InChI is InChI=1S/C19H20ClFN6O2/c20-11-1-2-14(21)12(7-11)17-25-19(29-26-17)13-9-23-27-15(8-16(28)24-18(13)27)10-3-5-22-6-4-10/h1-2,7-8,10,13,18,22-23H,3-6,9H2,(H,24,28). The van der Waals surface area contributed by atoms with E-state index in [2.05, 4.69) is 26.2 Å². The third-order valence-electron chi connectivity index (χ3n) is 5.67. The summed E-state index contributed by atoms with van der Waals surface area (Å²) in [5.41, 5.74) is 4.52. The van der Waals surface area contributed by atoms with E-state index in [1.54, 1.807) is 6.08 Å². The van der Waals surface area contributed by atoms with E-state index in [9.17, 15) is 9.18 Å². The van der Waals surface area contributed by atoms with Crippen molar-refractivity contribution >= 4 is 17.5 Å². The van der Waals surface area contributed by atoms with Gasteiger partial charge in [0.1, 0.15) is 12.0 Å². The highest BCUT2D eigenvalue weighted by Gasteiger charge is 2.44. The quantitative estimate of drug-likeness (QED) is 0.699. The van der Waals surface area contributed by atoms with Crippen molar-refractivity contribution in [2.75, 3.05) is 19.6 Å². The van der Waals surface area contributed by atoms with Gasteiger partial charge in [-0.2, -0.15) is 4.98 Å². The van der Waals surface area contributed by atoms with Crippen LogP contribution in [-0.4, -0.2) is 46.9 Å². The number of nitrogens with one attached hydrogen (secondary N) is 3. The number of hydrogen-bond acceptors (Lipinski definition) is 7. The van der Waals surface area contributed by atoms with Crippen LogP contribution in [-0.2, 0) is 4.79 Å². The summed E-state index contributed by atoms with van der Waals surface area (Å²) in [5, 5.41) is 12.6. The lowest BCUT2D eigenvalue weighted by Crippen LogP contribution is -2.53. The van der Waals surface area contributed by atoms with E-state index < -0.39 is 5.82 Å². The number of rotatable bonds is 3. The summed E-state index contributed by atoms with van der Waals surface area (Å²) < 4.78 is 19.6. The molecule has 0 saturated carbocycles. The molecule has 2 aromatic rings. The zero-order valence-electron chi connectivity index (χ0n) is 15.5. The topological polar surface area (TPSA) is 95.3 Å². The van der Waals surface area contributed by atoms with Crippen LogP contribution < -0.4 is 16.1 Å². The van der Waals surface area contributed by atoms with Crippen LogP contribution in [0.2, 0.25) is 5.02 Å². The molecule has 0 bridgehead atoms. The molecule has 152 valence electrons. The van der Waals surface area contributed by atoms with Crippen LogP contribution in [0.3, 0.4) is 0 Å². The minimum absolute atomic E-state index is 0.130. The van der Waals surface area contributed by atoms with Gasteiger partial charge in [-0.25, -0.2) is 9.82 Å². The van der Waals surface area contributed by atoms with Crippen LogP contribution in [0.25, 0.3) is 11.4 Å².